The summed E-state index contributed by atoms with van der Waals surface area (Å²) in [6, 6.07) is 4.18. The molecule has 6 heteroatoms. The van der Waals surface area contributed by atoms with E-state index in [4.69, 9.17) is 4.74 Å². The molecule has 2 atom stereocenters. The molecule has 2 heterocycles. The first kappa shape index (κ1) is 19.6. The van der Waals surface area contributed by atoms with Gasteiger partial charge in [-0.3, -0.25) is 9.59 Å². The van der Waals surface area contributed by atoms with Gasteiger partial charge in [0.05, 0.1) is 18.6 Å². The number of rotatable bonds is 2. The van der Waals surface area contributed by atoms with Crippen molar-refractivity contribution >= 4 is 11.8 Å². The molecule has 0 radical (unpaired) electrons. The number of halogens is 1. The first-order valence-corrected chi connectivity index (χ1v) is 9.77. The highest BCUT2D eigenvalue weighted by atomic mass is 19.1. The average Bonchev–Trinajstić information content (AvgIpc) is 2.82. The number of nitrogens with zero attached hydrogens (tertiary/aromatic N) is 1. The normalized spacial score (nSPS) is 23.0. The van der Waals surface area contributed by atoms with Crippen LogP contribution in [0.4, 0.5) is 4.39 Å². The maximum atomic E-state index is 13.7. The van der Waals surface area contributed by atoms with Crippen LogP contribution in [0.3, 0.4) is 0 Å². The van der Waals surface area contributed by atoms with Gasteiger partial charge >= 0.3 is 0 Å². The Labute approximate surface area is 160 Å². The number of nitrogens with one attached hydrogen (secondary N) is 1. The van der Waals surface area contributed by atoms with Crippen molar-refractivity contribution in [1.82, 2.24) is 10.2 Å². The number of hydrogen-bond acceptors (Lipinski definition) is 3. The Morgan fingerprint density at radius 2 is 2.00 bits per heavy atom. The molecule has 5 nitrogen and oxygen atoms in total. The van der Waals surface area contributed by atoms with Crippen LogP contribution in [-0.4, -0.2) is 36.4 Å². The molecule has 27 heavy (non-hydrogen) atoms. The van der Waals surface area contributed by atoms with Crippen molar-refractivity contribution in [3.63, 3.8) is 0 Å². The zero-order valence-electron chi connectivity index (χ0n) is 16.4. The molecule has 1 saturated heterocycles. The van der Waals surface area contributed by atoms with Gasteiger partial charge in [0.15, 0.2) is 0 Å². The molecule has 0 saturated carbocycles. The molecule has 0 aliphatic carbocycles. The van der Waals surface area contributed by atoms with Crippen LogP contribution in [0.5, 0.6) is 5.75 Å². The fraction of sp³-hybridized carbons (Fsp3) is 0.619. The molecular formula is C21H29FN2O3. The number of ether oxygens (including phenoxy) is 1. The number of hydrogen-bond donors (Lipinski definition) is 1. The Bertz CT molecular complexity index is 714. The van der Waals surface area contributed by atoms with E-state index >= 15 is 0 Å². The average molecular weight is 376 g/mol. The summed E-state index contributed by atoms with van der Waals surface area (Å²) in [6.07, 6.45) is 3.08. The smallest absolute Gasteiger partial charge is 0.227 e. The molecule has 2 amide bonds. The van der Waals surface area contributed by atoms with Gasteiger partial charge in [-0.05, 0) is 43.9 Å². The van der Waals surface area contributed by atoms with Crippen molar-refractivity contribution in [2.45, 2.75) is 52.5 Å². The minimum Gasteiger partial charge on any atom is -0.493 e. The lowest BCUT2D eigenvalue weighted by Gasteiger charge is -2.36. The fourth-order valence-corrected chi connectivity index (χ4v) is 3.84. The van der Waals surface area contributed by atoms with E-state index in [1.807, 2.05) is 20.8 Å². The lowest BCUT2D eigenvalue weighted by atomic mass is 9.90. The van der Waals surface area contributed by atoms with Gasteiger partial charge in [-0.25, -0.2) is 4.39 Å². The van der Waals surface area contributed by atoms with E-state index in [1.165, 1.54) is 12.1 Å². The summed E-state index contributed by atoms with van der Waals surface area (Å²) in [5.74, 6) is 0.0792. The van der Waals surface area contributed by atoms with Crippen LogP contribution in [-0.2, 0) is 9.59 Å². The molecule has 0 spiro atoms. The number of carbonyl (C=O) groups excluding carboxylic acids is 2. The molecule has 2 aliphatic rings. The fourth-order valence-electron chi connectivity index (χ4n) is 3.84. The number of fused-ring (bicyclic) bond motifs is 1. The summed E-state index contributed by atoms with van der Waals surface area (Å²) in [7, 11) is 0. The van der Waals surface area contributed by atoms with Gasteiger partial charge in [0.25, 0.3) is 0 Å². The second kappa shape index (κ2) is 7.87. The number of piperidine rings is 1. The number of carbonyl (C=O) groups is 2. The van der Waals surface area contributed by atoms with E-state index in [0.717, 1.165) is 19.3 Å². The minimum atomic E-state index is -0.451. The second-order valence-corrected chi connectivity index (χ2v) is 8.57. The Morgan fingerprint density at radius 1 is 1.22 bits per heavy atom. The van der Waals surface area contributed by atoms with Gasteiger partial charge in [0, 0.05) is 24.1 Å². The predicted octanol–water partition coefficient (Wildman–Crippen LogP) is 3.44. The summed E-state index contributed by atoms with van der Waals surface area (Å²) >= 11 is 0. The third-order valence-corrected chi connectivity index (χ3v) is 5.28. The van der Waals surface area contributed by atoms with Gasteiger partial charge in [-0.2, -0.15) is 0 Å². The predicted molar refractivity (Wildman–Crippen MR) is 101 cm³/mol. The Kier molecular flexibility index (Phi) is 5.72. The molecule has 2 unspecified atom stereocenters. The van der Waals surface area contributed by atoms with Crippen molar-refractivity contribution in [1.29, 1.82) is 0 Å². The van der Waals surface area contributed by atoms with Crippen molar-refractivity contribution < 1.29 is 18.7 Å². The number of amides is 2. The highest BCUT2D eigenvalue weighted by Crippen LogP contribution is 2.33. The largest absolute Gasteiger partial charge is 0.493 e. The van der Waals surface area contributed by atoms with Crippen LogP contribution in [0.2, 0.25) is 0 Å². The van der Waals surface area contributed by atoms with E-state index in [0.29, 0.717) is 37.4 Å². The number of likely N-dealkylation sites (tertiary alicyclic amines) is 1. The summed E-state index contributed by atoms with van der Waals surface area (Å²) in [5.41, 5.74) is 0.243. The second-order valence-electron chi connectivity index (χ2n) is 8.57. The molecule has 0 aromatic heterocycles. The van der Waals surface area contributed by atoms with Gasteiger partial charge in [-0.1, -0.05) is 20.8 Å². The minimum absolute atomic E-state index is 0.0662. The molecule has 3 rings (SSSR count). The highest BCUT2D eigenvalue weighted by molar-refractivity contribution is 5.84. The lowest BCUT2D eigenvalue weighted by Crippen LogP contribution is -2.49. The van der Waals surface area contributed by atoms with Crippen molar-refractivity contribution in [3.05, 3.63) is 29.6 Å². The van der Waals surface area contributed by atoms with Crippen molar-refractivity contribution in [3.8, 4) is 5.75 Å². The molecule has 148 valence electrons. The maximum absolute atomic E-state index is 13.7. The monoisotopic (exact) mass is 376 g/mol. The highest BCUT2D eigenvalue weighted by Gasteiger charge is 2.34. The van der Waals surface area contributed by atoms with Crippen molar-refractivity contribution in [2.24, 2.45) is 11.3 Å². The molecule has 1 aromatic rings. The molecule has 0 bridgehead atoms. The van der Waals surface area contributed by atoms with Gasteiger partial charge in [-0.15, -0.1) is 0 Å². The Balaban J connectivity index is 1.70. The zero-order chi connectivity index (χ0) is 19.6. The van der Waals surface area contributed by atoms with Gasteiger partial charge < -0.3 is 15.0 Å². The van der Waals surface area contributed by atoms with Crippen LogP contribution < -0.4 is 10.1 Å². The molecule has 1 N–H and O–H groups in total. The van der Waals surface area contributed by atoms with Crippen molar-refractivity contribution in [2.75, 3.05) is 19.7 Å². The van der Waals surface area contributed by atoms with E-state index in [9.17, 15) is 14.0 Å². The zero-order valence-corrected chi connectivity index (χ0v) is 16.4. The summed E-state index contributed by atoms with van der Waals surface area (Å²) in [4.78, 5) is 27.3. The topological polar surface area (TPSA) is 58.6 Å². The van der Waals surface area contributed by atoms with E-state index < -0.39 is 5.41 Å². The van der Waals surface area contributed by atoms with Gasteiger partial charge in [0.2, 0.25) is 11.8 Å². The standard InChI is InChI=1S/C21H29FN2O3/c1-21(2,3)20(26)24-10-4-6-14(13-24)19(25)23-17-7-5-11-27-18-9-8-15(22)12-16(17)18/h8-9,12,14,17H,4-7,10-11,13H2,1-3H3,(H,23,25). The van der Waals surface area contributed by atoms with Crippen LogP contribution in [0, 0.1) is 17.2 Å². The Hall–Kier alpha value is -2.11. The quantitative estimate of drug-likeness (QED) is 0.860. The Morgan fingerprint density at radius 3 is 2.74 bits per heavy atom. The van der Waals surface area contributed by atoms with E-state index in [2.05, 4.69) is 5.32 Å². The molecule has 1 aromatic carbocycles. The molecule has 2 aliphatic heterocycles. The first-order valence-electron chi connectivity index (χ1n) is 9.77. The summed E-state index contributed by atoms with van der Waals surface area (Å²) in [5, 5.41) is 3.09. The third-order valence-electron chi connectivity index (χ3n) is 5.28. The van der Waals surface area contributed by atoms with Crippen LogP contribution in [0.15, 0.2) is 18.2 Å². The van der Waals surface area contributed by atoms with Crippen LogP contribution in [0.25, 0.3) is 0 Å². The summed E-state index contributed by atoms with van der Waals surface area (Å²) in [6.45, 7) is 7.40. The van der Waals surface area contributed by atoms with E-state index in [-0.39, 0.29) is 29.6 Å². The van der Waals surface area contributed by atoms with Gasteiger partial charge in [0.1, 0.15) is 11.6 Å². The van der Waals surface area contributed by atoms with Crippen LogP contribution >= 0.6 is 0 Å². The SMILES string of the molecule is CC(C)(C)C(=O)N1CCCC(C(=O)NC2CCCOc3ccc(F)cc32)C1. The maximum Gasteiger partial charge on any atom is 0.227 e. The number of benzene rings is 1. The van der Waals surface area contributed by atoms with E-state index in [1.54, 1.807) is 11.0 Å². The molecule has 1 fully saturated rings. The first-order chi connectivity index (χ1) is 12.8. The lowest BCUT2D eigenvalue weighted by molar-refractivity contribution is -0.142. The summed E-state index contributed by atoms with van der Waals surface area (Å²) < 4.78 is 19.4. The third kappa shape index (κ3) is 4.60. The molecular weight excluding hydrogens is 347 g/mol. The van der Waals surface area contributed by atoms with Crippen LogP contribution in [0.1, 0.15) is 58.1 Å².